The SMILES string of the molecule is CC(NC1CCC(C(C)(C)C)CC1)C1CCOC1. The van der Waals surface area contributed by atoms with Crippen molar-refractivity contribution in [3.05, 3.63) is 0 Å². The van der Waals surface area contributed by atoms with Gasteiger partial charge in [-0.2, -0.15) is 0 Å². The van der Waals surface area contributed by atoms with Crippen LogP contribution in [-0.4, -0.2) is 25.3 Å². The molecule has 0 amide bonds. The van der Waals surface area contributed by atoms with E-state index >= 15 is 0 Å². The molecule has 2 nitrogen and oxygen atoms in total. The second-order valence-electron chi connectivity index (χ2n) is 7.49. The van der Waals surface area contributed by atoms with Gasteiger partial charge in [0.25, 0.3) is 0 Å². The van der Waals surface area contributed by atoms with Crippen molar-refractivity contribution < 1.29 is 4.74 Å². The van der Waals surface area contributed by atoms with E-state index in [1.807, 2.05) is 0 Å². The Kier molecular flexibility index (Phi) is 4.71. The van der Waals surface area contributed by atoms with Crippen molar-refractivity contribution in [1.29, 1.82) is 0 Å². The van der Waals surface area contributed by atoms with Gasteiger partial charge in [-0.3, -0.25) is 0 Å². The average molecular weight is 253 g/mol. The highest BCUT2D eigenvalue weighted by Gasteiger charge is 2.31. The molecule has 1 aliphatic carbocycles. The van der Waals surface area contributed by atoms with Gasteiger partial charge >= 0.3 is 0 Å². The van der Waals surface area contributed by atoms with Crippen LogP contribution in [0.3, 0.4) is 0 Å². The summed E-state index contributed by atoms with van der Waals surface area (Å²) in [7, 11) is 0. The van der Waals surface area contributed by atoms with E-state index in [1.54, 1.807) is 0 Å². The van der Waals surface area contributed by atoms with Crippen LogP contribution < -0.4 is 5.32 Å². The van der Waals surface area contributed by atoms with Crippen molar-refractivity contribution in [1.82, 2.24) is 5.32 Å². The lowest BCUT2D eigenvalue weighted by Crippen LogP contribution is -2.43. The molecule has 0 spiro atoms. The standard InChI is InChI=1S/C16H31NO/c1-12(13-9-10-18-11-13)17-15-7-5-14(6-8-15)16(2,3)4/h12-15,17H,5-11H2,1-4H3. The van der Waals surface area contributed by atoms with Gasteiger partial charge in [0.15, 0.2) is 0 Å². The zero-order valence-corrected chi connectivity index (χ0v) is 12.7. The van der Waals surface area contributed by atoms with Gasteiger partial charge in [-0.25, -0.2) is 0 Å². The number of ether oxygens (including phenoxy) is 1. The zero-order valence-electron chi connectivity index (χ0n) is 12.7. The number of nitrogens with one attached hydrogen (secondary N) is 1. The molecule has 2 aliphatic rings. The molecule has 1 saturated carbocycles. The van der Waals surface area contributed by atoms with Crippen molar-refractivity contribution in [3.63, 3.8) is 0 Å². The molecule has 2 rings (SSSR count). The molecule has 0 aromatic heterocycles. The maximum atomic E-state index is 5.49. The Hall–Kier alpha value is -0.0800. The molecule has 106 valence electrons. The minimum atomic E-state index is 0.496. The Morgan fingerprint density at radius 2 is 1.72 bits per heavy atom. The number of rotatable bonds is 3. The fourth-order valence-electron chi connectivity index (χ4n) is 3.58. The van der Waals surface area contributed by atoms with E-state index in [-0.39, 0.29) is 0 Å². The minimum absolute atomic E-state index is 0.496. The first-order valence-corrected chi connectivity index (χ1v) is 7.80. The third kappa shape index (κ3) is 3.71. The normalized spacial score (nSPS) is 35.7. The molecule has 1 N–H and O–H groups in total. The first-order valence-electron chi connectivity index (χ1n) is 7.80. The van der Waals surface area contributed by atoms with Crippen LogP contribution in [0.2, 0.25) is 0 Å². The lowest BCUT2D eigenvalue weighted by Gasteiger charge is -2.38. The van der Waals surface area contributed by atoms with Crippen LogP contribution >= 0.6 is 0 Å². The van der Waals surface area contributed by atoms with Crippen LogP contribution in [0, 0.1) is 17.3 Å². The first-order chi connectivity index (χ1) is 8.47. The highest BCUT2D eigenvalue weighted by Crippen LogP contribution is 2.38. The average Bonchev–Trinajstić information content (AvgIpc) is 2.82. The van der Waals surface area contributed by atoms with Gasteiger partial charge in [-0.1, -0.05) is 20.8 Å². The molecule has 18 heavy (non-hydrogen) atoms. The minimum Gasteiger partial charge on any atom is -0.381 e. The highest BCUT2D eigenvalue weighted by molar-refractivity contribution is 4.86. The van der Waals surface area contributed by atoms with Gasteiger partial charge in [0.2, 0.25) is 0 Å². The molecule has 0 bridgehead atoms. The topological polar surface area (TPSA) is 21.3 Å². The maximum Gasteiger partial charge on any atom is 0.0509 e. The summed E-state index contributed by atoms with van der Waals surface area (Å²) in [6, 6.07) is 1.38. The molecule has 1 saturated heterocycles. The lowest BCUT2D eigenvalue weighted by molar-refractivity contribution is 0.146. The van der Waals surface area contributed by atoms with Gasteiger partial charge in [0.1, 0.15) is 0 Å². The summed E-state index contributed by atoms with van der Waals surface area (Å²) in [4.78, 5) is 0. The third-order valence-corrected chi connectivity index (χ3v) is 5.12. The summed E-state index contributed by atoms with van der Waals surface area (Å²) >= 11 is 0. The van der Waals surface area contributed by atoms with Crippen molar-refractivity contribution in [2.24, 2.45) is 17.3 Å². The second kappa shape index (κ2) is 5.92. The largest absolute Gasteiger partial charge is 0.381 e. The summed E-state index contributed by atoms with van der Waals surface area (Å²) < 4.78 is 5.49. The molecular formula is C16H31NO. The molecule has 1 aliphatic heterocycles. The summed E-state index contributed by atoms with van der Waals surface area (Å²) in [5.41, 5.74) is 0.496. The summed E-state index contributed by atoms with van der Waals surface area (Å²) in [6.07, 6.45) is 6.76. The second-order valence-corrected chi connectivity index (χ2v) is 7.49. The Morgan fingerprint density at radius 1 is 1.06 bits per heavy atom. The third-order valence-electron chi connectivity index (χ3n) is 5.12. The van der Waals surface area contributed by atoms with Gasteiger partial charge < -0.3 is 10.1 Å². The molecule has 0 radical (unpaired) electrons. The Morgan fingerprint density at radius 3 is 2.22 bits per heavy atom. The molecule has 2 fully saturated rings. The lowest BCUT2D eigenvalue weighted by atomic mass is 9.71. The smallest absolute Gasteiger partial charge is 0.0509 e. The van der Waals surface area contributed by atoms with Crippen molar-refractivity contribution in [2.75, 3.05) is 13.2 Å². The van der Waals surface area contributed by atoms with Crippen LogP contribution in [0.5, 0.6) is 0 Å². The monoisotopic (exact) mass is 253 g/mol. The Bertz CT molecular complexity index is 244. The van der Waals surface area contributed by atoms with E-state index in [2.05, 4.69) is 33.0 Å². The molecule has 2 atom stereocenters. The van der Waals surface area contributed by atoms with E-state index in [1.165, 1.54) is 32.1 Å². The molecule has 2 unspecified atom stereocenters. The van der Waals surface area contributed by atoms with Crippen LogP contribution in [0.4, 0.5) is 0 Å². The Balaban J connectivity index is 1.73. The number of hydrogen-bond donors (Lipinski definition) is 1. The number of hydrogen-bond acceptors (Lipinski definition) is 2. The van der Waals surface area contributed by atoms with Crippen LogP contribution in [0.1, 0.15) is 59.8 Å². The quantitative estimate of drug-likeness (QED) is 0.829. The van der Waals surface area contributed by atoms with E-state index in [0.29, 0.717) is 11.5 Å². The van der Waals surface area contributed by atoms with E-state index in [9.17, 15) is 0 Å². The molecule has 1 heterocycles. The predicted molar refractivity (Wildman–Crippen MR) is 76.7 cm³/mol. The molecule has 2 heteroatoms. The fourth-order valence-corrected chi connectivity index (χ4v) is 3.58. The molecule has 0 aromatic rings. The van der Waals surface area contributed by atoms with E-state index < -0.39 is 0 Å². The highest BCUT2D eigenvalue weighted by atomic mass is 16.5. The van der Waals surface area contributed by atoms with Gasteiger partial charge in [0, 0.05) is 18.7 Å². The van der Waals surface area contributed by atoms with Gasteiger partial charge in [-0.15, -0.1) is 0 Å². The molecular weight excluding hydrogens is 222 g/mol. The van der Waals surface area contributed by atoms with Crippen LogP contribution in [-0.2, 0) is 4.74 Å². The zero-order chi connectivity index (χ0) is 13.2. The van der Waals surface area contributed by atoms with Crippen LogP contribution in [0.25, 0.3) is 0 Å². The first kappa shape index (κ1) is 14.3. The van der Waals surface area contributed by atoms with Crippen molar-refractivity contribution >= 4 is 0 Å². The Labute approximate surface area is 113 Å². The summed E-state index contributed by atoms with van der Waals surface area (Å²) in [5.74, 6) is 1.66. The summed E-state index contributed by atoms with van der Waals surface area (Å²) in [6.45, 7) is 11.5. The van der Waals surface area contributed by atoms with Crippen molar-refractivity contribution in [2.45, 2.75) is 71.9 Å². The summed E-state index contributed by atoms with van der Waals surface area (Å²) in [5, 5.41) is 3.85. The maximum absolute atomic E-state index is 5.49. The fraction of sp³-hybridized carbons (Fsp3) is 1.00. The van der Waals surface area contributed by atoms with Gasteiger partial charge in [0.05, 0.1) is 6.61 Å². The molecule has 0 aromatic carbocycles. The predicted octanol–water partition coefficient (Wildman–Crippen LogP) is 3.61. The van der Waals surface area contributed by atoms with E-state index in [4.69, 9.17) is 4.74 Å². The van der Waals surface area contributed by atoms with Crippen molar-refractivity contribution in [3.8, 4) is 0 Å². The van der Waals surface area contributed by atoms with E-state index in [0.717, 1.165) is 31.1 Å². The van der Waals surface area contributed by atoms with Gasteiger partial charge in [-0.05, 0) is 56.3 Å². The van der Waals surface area contributed by atoms with Crippen LogP contribution in [0.15, 0.2) is 0 Å².